The fourth-order valence-electron chi connectivity index (χ4n) is 3.07. The van der Waals surface area contributed by atoms with E-state index in [0.717, 1.165) is 25.7 Å². The van der Waals surface area contributed by atoms with Crippen molar-refractivity contribution >= 4 is 22.4 Å². The van der Waals surface area contributed by atoms with Crippen LogP contribution in [0.3, 0.4) is 0 Å². The normalized spacial score (nSPS) is 10.9. The number of fused-ring (bicyclic) bond motifs is 1. The van der Waals surface area contributed by atoms with Gasteiger partial charge >= 0.3 is 5.69 Å². The number of nitro benzene ring substituents is 1. The predicted molar refractivity (Wildman–Crippen MR) is 103 cm³/mol. The Hall–Kier alpha value is -2.87. The third-order valence-electron chi connectivity index (χ3n) is 4.55. The summed E-state index contributed by atoms with van der Waals surface area (Å²) in [6, 6.07) is 5.65. The van der Waals surface area contributed by atoms with E-state index in [0.29, 0.717) is 30.6 Å². The van der Waals surface area contributed by atoms with Gasteiger partial charge in [0.2, 0.25) is 5.75 Å². The first-order chi connectivity index (χ1) is 12.9. The third kappa shape index (κ3) is 4.65. The highest BCUT2D eigenvalue weighted by atomic mass is 16.6. The molecule has 2 aromatic rings. The molecule has 0 spiro atoms. The van der Waals surface area contributed by atoms with Gasteiger partial charge in [0, 0.05) is 18.7 Å². The molecule has 2 rings (SSSR count). The minimum absolute atomic E-state index is 0.164. The minimum atomic E-state index is -0.778. The van der Waals surface area contributed by atoms with Gasteiger partial charge in [-0.25, -0.2) is 0 Å². The van der Waals surface area contributed by atoms with Crippen LogP contribution in [0.2, 0.25) is 0 Å². The first-order valence-corrected chi connectivity index (χ1v) is 9.03. The number of amides is 1. The lowest BCUT2D eigenvalue weighted by atomic mass is 10.0. The van der Waals surface area contributed by atoms with Crippen molar-refractivity contribution in [3.63, 3.8) is 0 Å². The number of nitrogens with two attached hydrogens (primary N) is 1. The quantitative estimate of drug-likeness (QED) is 0.267. The van der Waals surface area contributed by atoms with Crippen LogP contribution < -0.4 is 5.73 Å². The molecule has 0 saturated carbocycles. The maximum absolute atomic E-state index is 12.8. The van der Waals surface area contributed by atoms with Crippen molar-refractivity contribution in [2.45, 2.75) is 32.6 Å². The van der Waals surface area contributed by atoms with E-state index in [2.05, 4.69) is 0 Å². The summed E-state index contributed by atoms with van der Waals surface area (Å²) in [6.07, 6.45) is 3.88. The summed E-state index contributed by atoms with van der Waals surface area (Å²) >= 11 is 0. The molecule has 27 heavy (non-hydrogen) atoms. The lowest BCUT2D eigenvalue weighted by Crippen LogP contribution is -2.31. The Morgan fingerprint density at radius 2 is 1.89 bits per heavy atom. The fourth-order valence-corrected chi connectivity index (χ4v) is 3.07. The Morgan fingerprint density at radius 3 is 2.52 bits per heavy atom. The number of benzene rings is 2. The first kappa shape index (κ1) is 20.4. The smallest absolute Gasteiger partial charge is 0.322 e. The largest absolute Gasteiger partial charge is 0.504 e. The average Bonchev–Trinajstić information content (AvgIpc) is 2.64. The Bertz CT molecular complexity index is 838. The fraction of sp³-hybridized carbons (Fsp3) is 0.421. The molecule has 8 heteroatoms. The monoisotopic (exact) mass is 375 g/mol. The lowest BCUT2D eigenvalue weighted by molar-refractivity contribution is -0.384. The van der Waals surface area contributed by atoms with Crippen LogP contribution in [-0.2, 0) is 0 Å². The van der Waals surface area contributed by atoms with Crippen LogP contribution in [0.1, 0.15) is 43.0 Å². The molecule has 0 heterocycles. The lowest BCUT2D eigenvalue weighted by Gasteiger charge is -2.21. The van der Waals surface area contributed by atoms with Crippen LogP contribution in [-0.4, -0.2) is 45.6 Å². The van der Waals surface area contributed by atoms with Crippen LogP contribution in [0.15, 0.2) is 24.3 Å². The Morgan fingerprint density at radius 1 is 1.19 bits per heavy atom. The van der Waals surface area contributed by atoms with Gasteiger partial charge in [0.15, 0.2) is 5.75 Å². The molecule has 0 aliphatic heterocycles. The molecule has 0 aliphatic carbocycles. The van der Waals surface area contributed by atoms with Gasteiger partial charge in [-0.15, -0.1) is 0 Å². The van der Waals surface area contributed by atoms with E-state index in [1.54, 1.807) is 4.90 Å². The highest BCUT2D eigenvalue weighted by Crippen LogP contribution is 2.41. The second-order valence-electron chi connectivity index (χ2n) is 6.37. The molecule has 0 aromatic heterocycles. The third-order valence-corrected chi connectivity index (χ3v) is 4.55. The summed E-state index contributed by atoms with van der Waals surface area (Å²) in [5, 5.41) is 31.2. The van der Waals surface area contributed by atoms with E-state index in [4.69, 9.17) is 5.73 Å². The molecule has 0 saturated heterocycles. The topological polar surface area (TPSA) is 130 Å². The molecule has 8 nitrogen and oxygen atoms in total. The highest BCUT2D eigenvalue weighted by molar-refractivity contribution is 6.02. The number of unbranched alkanes of at least 4 members (excludes halogenated alkanes) is 3. The average molecular weight is 375 g/mol. The number of carbonyl (C=O) groups is 1. The van der Waals surface area contributed by atoms with E-state index in [1.165, 1.54) is 24.3 Å². The van der Waals surface area contributed by atoms with Crippen molar-refractivity contribution in [1.29, 1.82) is 0 Å². The summed E-state index contributed by atoms with van der Waals surface area (Å²) in [5.41, 5.74) is 5.28. The summed E-state index contributed by atoms with van der Waals surface area (Å²) in [6.45, 7) is 3.74. The van der Waals surface area contributed by atoms with Crippen LogP contribution in [0.5, 0.6) is 11.5 Å². The Labute approximate surface area is 157 Å². The second-order valence-corrected chi connectivity index (χ2v) is 6.37. The van der Waals surface area contributed by atoms with Gasteiger partial charge in [0.25, 0.3) is 5.91 Å². The molecule has 2 aromatic carbocycles. The number of phenolic OH excluding ortho intramolecular Hbond substituents is 2. The van der Waals surface area contributed by atoms with E-state index < -0.39 is 22.1 Å². The number of rotatable bonds is 9. The molecular formula is C19H25N3O5. The number of nitrogens with zero attached hydrogens (tertiary/aromatic N) is 2. The van der Waals surface area contributed by atoms with E-state index >= 15 is 0 Å². The van der Waals surface area contributed by atoms with Gasteiger partial charge in [-0.3, -0.25) is 14.9 Å². The van der Waals surface area contributed by atoms with Gasteiger partial charge < -0.3 is 20.8 Å². The highest BCUT2D eigenvalue weighted by Gasteiger charge is 2.23. The molecule has 4 N–H and O–H groups in total. The first-order valence-electron chi connectivity index (χ1n) is 9.03. The van der Waals surface area contributed by atoms with Crippen molar-refractivity contribution in [2.24, 2.45) is 5.73 Å². The molecule has 0 aliphatic rings. The number of aromatic hydroxyl groups is 2. The molecule has 146 valence electrons. The van der Waals surface area contributed by atoms with Crippen molar-refractivity contribution in [1.82, 2.24) is 4.90 Å². The van der Waals surface area contributed by atoms with Gasteiger partial charge in [0.05, 0.1) is 10.3 Å². The summed E-state index contributed by atoms with van der Waals surface area (Å²) in [7, 11) is 0. The SMILES string of the molecule is CCN(CCCCCCN)C(=O)c1ccc2c([N+](=O)[O-])c(O)c(O)cc2c1. The molecule has 0 atom stereocenters. The van der Waals surface area contributed by atoms with Gasteiger partial charge in [-0.05, 0) is 56.0 Å². The summed E-state index contributed by atoms with van der Waals surface area (Å²) in [5.74, 6) is -1.54. The van der Waals surface area contributed by atoms with Crippen LogP contribution in [0, 0.1) is 10.1 Å². The number of nitro groups is 1. The predicted octanol–water partition coefficient (Wildman–Crippen LogP) is 3.14. The maximum Gasteiger partial charge on any atom is 0.322 e. The van der Waals surface area contributed by atoms with Crippen LogP contribution in [0.4, 0.5) is 5.69 Å². The maximum atomic E-state index is 12.8. The molecule has 0 unspecified atom stereocenters. The van der Waals surface area contributed by atoms with E-state index in [9.17, 15) is 25.1 Å². The van der Waals surface area contributed by atoms with Crippen LogP contribution >= 0.6 is 0 Å². The molecule has 0 fully saturated rings. The zero-order chi connectivity index (χ0) is 20.0. The van der Waals surface area contributed by atoms with Crippen molar-refractivity contribution in [3.05, 3.63) is 39.9 Å². The van der Waals surface area contributed by atoms with Gasteiger partial charge in [-0.2, -0.15) is 0 Å². The zero-order valence-corrected chi connectivity index (χ0v) is 15.4. The summed E-state index contributed by atoms with van der Waals surface area (Å²) < 4.78 is 0. The molecule has 0 radical (unpaired) electrons. The standard InChI is InChI=1S/C19H25N3O5/c1-2-21(10-6-4-3-5-9-20)19(25)13-7-8-15-14(11-13)12-16(23)18(24)17(15)22(26)27/h7-8,11-12,23-24H,2-6,9-10,20H2,1H3. The molecule has 0 bridgehead atoms. The second kappa shape index (κ2) is 9.18. The number of hydrogen-bond acceptors (Lipinski definition) is 6. The van der Waals surface area contributed by atoms with E-state index in [1.807, 2.05) is 6.92 Å². The zero-order valence-electron chi connectivity index (χ0n) is 15.4. The molecular weight excluding hydrogens is 350 g/mol. The van der Waals surface area contributed by atoms with Crippen LogP contribution in [0.25, 0.3) is 10.8 Å². The Kier molecular flexibility index (Phi) is 6.95. The Balaban J connectivity index is 2.26. The number of phenols is 2. The van der Waals surface area contributed by atoms with Crippen molar-refractivity contribution < 1.29 is 19.9 Å². The number of hydrogen-bond donors (Lipinski definition) is 3. The number of carbonyl (C=O) groups excluding carboxylic acids is 1. The van der Waals surface area contributed by atoms with Gasteiger partial charge in [0.1, 0.15) is 0 Å². The molecule has 1 amide bonds. The van der Waals surface area contributed by atoms with Crippen molar-refractivity contribution in [3.8, 4) is 11.5 Å². The van der Waals surface area contributed by atoms with E-state index in [-0.39, 0.29) is 11.3 Å². The minimum Gasteiger partial charge on any atom is -0.504 e. The van der Waals surface area contributed by atoms with Gasteiger partial charge in [-0.1, -0.05) is 12.8 Å². The van der Waals surface area contributed by atoms with Crippen molar-refractivity contribution in [2.75, 3.05) is 19.6 Å². The summed E-state index contributed by atoms with van der Waals surface area (Å²) in [4.78, 5) is 24.9.